The van der Waals surface area contributed by atoms with Crippen molar-refractivity contribution >= 4 is 15.9 Å². The molecule has 0 aliphatic heterocycles. The average Bonchev–Trinajstić information content (AvgIpc) is 2.60. The minimum atomic E-state index is -4.52. The number of nitrogens with one attached hydrogen (secondary N) is 1. The molecule has 2 rings (SSSR count). The van der Waals surface area contributed by atoms with Gasteiger partial charge in [0.1, 0.15) is 6.54 Å². The number of carbonyl (C=O) groups excluding carboxylic acids is 1. The van der Waals surface area contributed by atoms with Crippen LogP contribution in [0.15, 0.2) is 53.6 Å². The molecular weight excluding hydrogens is 371 g/mol. The SMILES string of the molecule is CN(Cc1ccccn1)S(=O)(=O)c1ccc(C(=O)NCC(F)(F)F)cc1. The molecule has 2 aromatic rings. The summed E-state index contributed by atoms with van der Waals surface area (Å²) in [6.45, 7) is -1.41. The van der Waals surface area contributed by atoms with Crippen molar-refractivity contribution < 1.29 is 26.4 Å². The number of benzene rings is 1. The van der Waals surface area contributed by atoms with Crippen LogP contribution in [0.5, 0.6) is 0 Å². The van der Waals surface area contributed by atoms with E-state index in [2.05, 4.69) is 4.98 Å². The Morgan fingerprint density at radius 3 is 2.35 bits per heavy atom. The van der Waals surface area contributed by atoms with Crippen LogP contribution in [0.1, 0.15) is 16.1 Å². The standard InChI is InChI=1S/C16H16F3N3O3S/c1-22(10-13-4-2-3-9-20-13)26(24,25)14-7-5-12(6-8-14)15(23)21-11-16(17,18)19/h2-9H,10-11H2,1H3,(H,21,23). The molecule has 6 nitrogen and oxygen atoms in total. The third-order valence-corrected chi connectivity index (χ3v) is 5.20. The first-order valence-corrected chi connectivity index (χ1v) is 8.85. The van der Waals surface area contributed by atoms with Crippen molar-refractivity contribution in [3.8, 4) is 0 Å². The third-order valence-electron chi connectivity index (χ3n) is 3.38. The molecule has 0 aliphatic carbocycles. The highest BCUT2D eigenvalue weighted by Crippen LogP contribution is 2.17. The van der Waals surface area contributed by atoms with Crippen LogP contribution in [0.4, 0.5) is 13.2 Å². The lowest BCUT2D eigenvalue weighted by Crippen LogP contribution is -2.33. The maximum atomic E-state index is 12.5. The van der Waals surface area contributed by atoms with Crippen LogP contribution in [0.2, 0.25) is 0 Å². The van der Waals surface area contributed by atoms with Gasteiger partial charge in [-0.1, -0.05) is 6.07 Å². The zero-order chi connectivity index (χ0) is 19.4. The van der Waals surface area contributed by atoms with E-state index < -0.39 is 28.7 Å². The van der Waals surface area contributed by atoms with Gasteiger partial charge in [-0.05, 0) is 36.4 Å². The van der Waals surface area contributed by atoms with Gasteiger partial charge in [-0.3, -0.25) is 9.78 Å². The van der Waals surface area contributed by atoms with Crippen molar-refractivity contribution in [1.29, 1.82) is 0 Å². The first kappa shape index (κ1) is 19.9. The molecule has 0 atom stereocenters. The smallest absolute Gasteiger partial charge is 0.343 e. The Bertz CT molecular complexity index is 854. The number of hydrogen-bond acceptors (Lipinski definition) is 4. The number of nitrogens with zero attached hydrogens (tertiary/aromatic N) is 2. The fourth-order valence-electron chi connectivity index (χ4n) is 2.05. The molecule has 0 bridgehead atoms. The lowest BCUT2D eigenvalue weighted by Gasteiger charge is -2.17. The summed E-state index contributed by atoms with van der Waals surface area (Å²) in [5.74, 6) is -0.937. The van der Waals surface area contributed by atoms with E-state index in [4.69, 9.17) is 0 Å². The van der Waals surface area contributed by atoms with Gasteiger partial charge >= 0.3 is 6.18 Å². The van der Waals surface area contributed by atoms with Crippen molar-refractivity contribution in [1.82, 2.24) is 14.6 Å². The molecule has 1 heterocycles. The second-order valence-electron chi connectivity index (χ2n) is 5.40. The topological polar surface area (TPSA) is 79.4 Å². The molecule has 0 aliphatic rings. The summed E-state index contributed by atoms with van der Waals surface area (Å²) < 4.78 is 62.5. The highest BCUT2D eigenvalue weighted by Gasteiger charge is 2.28. The molecule has 0 unspecified atom stereocenters. The molecule has 1 N–H and O–H groups in total. The Morgan fingerprint density at radius 1 is 1.15 bits per heavy atom. The molecule has 0 radical (unpaired) electrons. The van der Waals surface area contributed by atoms with Gasteiger partial charge in [0.25, 0.3) is 5.91 Å². The predicted molar refractivity (Wildman–Crippen MR) is 87.7 cm³/mol. The zero-order valence-corrected chi connectivity index (χ0v) is 14.5. The quantitative estimate of drug-likeness (QED) is 0.824. The van der Waals surface area contributed by atoms with Crippen molar-refractivity contribution in [2.45, 2.75) is 17.6 Å². The van der Waals surface area contributed by atoms with E-state index in [1.54, 1.807) is 29.7 Å². The minimum absolute atomic E-state index is 0.0526. The number of hydrogen-bond donors (Lipinski definition) is 1. The number of sulfonamides is 1. The molecule has 0 spiro atoms. The Morgan fingerprint density at radius 2 is 1.81 bits per heavy atom. The number of carbonyl (C=O) groups is 1. The van der Waals surface area contributed by atoms with Crippen LogP contribution in [-0.4, -0.2) is 43.4 Å². The zero-order valence-electron chi connectivity index (χ0n) is 13.7. The number of rotatable bonds is 6. The highest BCUT2D eigenvalue weighted by atomic mass is 32.2. The van der Waals surface area contributed by atoms with E-state index in [0.29, 0.717) is 5.69 Å². The maximum Gasteiger partial charge on any atom is 0.405 e. The van der Waals surface area contributed by atoms with Crippen LogP contribution in [0.25, 0.3) is 0 Å². The van der Waals surface area contributed by atoms with E-state index in [-0.39, 0.29) is 17.0 Å². The summed E-state index contributed by atoms with van der Waals surface area (Å²) in [4.78, 5) is 15.6. The summed E-state index contributed by atoms with van der Waals surface area (Å²) in [6, 6.07) is 9.79. The summed E-state index contributed by atoms with van der Waals surface area (Å²) in [5, 5.41) is 1.72. The normalized spacial score (nSPS) is 12.2. The number of amides is 1. The molecule has 1 amide bonds. The van der Waals surface area contributed by atoms with Crippen molar-refractivity contribution in [2.24, 2.45) is 0 Å². The Labute approximate surface area is 148 Å². The highest BCUT2D eigenvalue weighted by molar-refractivity contribution is 7.89. The monoisotopic (exact) mass is 387 g/mol. The van der Waals surface area contributed by atoms with E-state index in [9.17, 15) is 26.4 Å². The van der Waals surface area contributed by atoms with Crippen LogP contribution in [0.3, 0.4) is 0 Å². The van der Waals surface area contributed by atoms with Gasteiger partial charge in [0, 0.05) is 18.8 Å². The van der Waals surface area contributed by atoms with Gasteiger partial charge in [0.05, 0.1) is 17.1 Å². The number of halogens is 3. The van der Waals surface area contributed by atoms with Gasteiger partial charge in [-0.2, -0.15) is 17.5 Å². The molecule has 140 valence electrons. The molecule has 10 heteroatoms. The third kappa shape index (κ3) is 5.27. The fourth-order valence-corrected chi connectivity index (χ4v) is 3.19. The number of aromatic nitrogens is 1. The van der Waals surface area contributed by atoms with Crippen molar-refractivity contribution in [2.75, 3.05) is 13.6 Å². The first-order valence-electron chi connectivity index (χ1n) is 7.41. The largest absolute Gasteiger partial charge is 0.405 e. The molecule has 0 saturated heterocycles. The summed E-state index contributed by atoms with van der Waals surface area (Å²) in [7, 11) is -2.45. The maximum absolute atomic E-state index is 12.5. The van der Waals surface area contributed by atoms with Crippen molar-refractivity contribution in [3.05, 3.63) is 59.9 Å². The Balaban J connectivity index is 2.09. The van der Waals surface area contributed by atoms with Gasteiger partial charge in [0.15, 0.2) is 0 Å². The fraction of sp³-hybridized carbons (Fsp3) is 0.250. The van der Waals surface area contributed by atoms with E-state index in [1.165, 1.54) is 19.2 Å². The van der Waals surface area contributed by atoms with E-state index >= 15 is 0 Å². The molecule has 1 aromatic carbocycles. The Kier molecular flexibility index (Phi) is 5.98. The van der Waals surface area contributed by atoms with Gasteiger partial charge < -0.3 is 5.32 Å². The summed E-state index contributed by atoms with van der Waals surface area (Å²) >= 11 is 0. The second kappa shape index (κ2) is 7.83. The molecule has 0 fully saturated rings. The lowest BCUT2D eigenvalue weighted by molar-refractivity contribution is -0.123. The molecular formula is C16H16F3N3O3S. The van der Waals surface area contributed by atoms with Crippen LogP contribution >= 0.6 is 0 Å². The average molecular weight is 387 g/mol. The van der Waals surface area contributed by atoms with Gasteiger partial charge in [0.2, 0.25) is 10.0 Å². The van der Waals surface area contributed by atoms with E-state index in [0.717, 1.165) is 16.4 Å². The lowest BCUT2D eigenvalue weighted by atomic mass is 10.2. The van der Waals surface area contributed by atoms with Crippen LogP contribution in [-0.2, 0) is 16.6 Å². The minimum Gasteiger partial charge on any atom is -0.343 e. The first-order chi connectivity index (χ1) is 12.1. The molecule has 0 saturated carbocycles. The number of alkyl halides is 3. The second-order valence-corrected chi connectivity index (χ2v) is 7.45. The van der Waals surface area contributed by atoms with Gasteiger partial charge in [-0.15, -0.1) is 0 Å². The summed E-state index contributed by atoms with van der Waals surface area (Å²) in [6.07, 6.45) is -2.97. The summed E-state index contributed by atoms with van der Waals surface area (Å²) in [5.41, 5.74) is 0.488. The predicted octanol–water partition coefficient (Wildman–Crippen LogP) is 2.19. The number of pyridine rings is 1. The van der Waals surface area contributed by atoms with Crippen LogP contribution in [0, 0.1) is 0 Å². The van der Waals surface area contributed by atoms with Gasteiger partial charge in [-0.25, -0.2) is 8.42 Å². The van der Waals surface area contributed by atoms with Crippen molar-refractivity contribution in [3.63, 3.8) is 0 Å². The van der Waals surface area contributed by atoms with E-state index in [1.807, 2.05) is 0 Å². The Hall–Kier alpha value is -2.46. The molecule has 1 aromatic heterocycles. The van der Waals surface area contributed by atoms with Crippen LogP contribution < -0.4 is 5.32 Å². The molecule has 26 heavy (non-hydrogen) atoms.